The summed E-state index contributed by atoms with van der Waals surface area (Å²) in [7, 11) is 0. The predicted octanol–water partition coefficient (Wildman–Crippen LogP) is 2.47. The Hall–Kier alpha value is -1.60. The Balaban J connectivity index is 1.94. The van der Waals surface area contributed by atoms with Crippen LogP contribution in [-0.2, 0) is 9.53 Å². The van der Waals surface area contributed by atoms with Crippen LogP contribution in [-0.4, -0.2) is 46.8 Å². The van der Waals surface area contributed by atoms with Crippen molar-refractivity contribution < 1.29 is 19.4 Å². The number of ether oxygens (including phenoxy) is 1. The fourth-order valence-corrected chi connectivity index (χ4v) is 3.37. The normalized spacial score (nSPS) is 20.6. The first kappa shape index (κ1) is 16.8. The largest absolute Gasteiger partial charge is 0.480 e. The minimum absolute atomic E-state index is 0.0864. The average molecular weight is 326 g/mol. The van der Waals surface area contributed by atoms with Gasteiger partial charge >= 0.3 is 12.1 Å². The van der Waals surface area contributed by atoms with Crippen LogP contribution in [0.5, 0.6) is 0 Å². The second-order valence-electron chi connectivity index (χ2n) is 6.38. The zero-order chi connectivity index (χ0) is 16.3. The number of nitrogens with zero attached hydrogens (tertiary/aromatic N) is 1. The second kappa shape index (κ2) is 6.66. The molecular weight excluding hydrogens is 304 g/mol. The predicted molar refractivity (Wildman–Crippen MR) is 84.0 cm³/mol. The lowest BCUT2D eigenvalue weighted by Crippen LogP contribution is -2.41. The van der Waals surface area contributed by atoms with Crippen LogP contribution in [0.25, 0.3) is 0 Å². The number of alkyl carbamates (subject to hydrolysis) is 1. The minimum Gasteiger partial charge on any atom is -0.480 e. The van der Waals surface area contributed by atoms with Gasteiger partial charge in [-0.1, -0.05) is 6.07 Å². The van der Waals surface area contributed by atoms with Crippen molar-refractivity contribution in [2.75, 3.05) is 13.1 Å². The van der Waals surface area contributed by atoms with E-state index in [-0.39, 0.29) is 6.04 Å². The molecule has 6 nitrogen and oxygen atoms in total. The Morgan fingerprint density at radius 2 is 2.23 bits per heavy atom. The van der Waals surface area contributed by atoms with Gasteiger partial charge < -0.3 is 15.2 Å². The summed E-state index contributed by atoms with van der Waals surface area (Å²) in [5.74, 6) is -0.861. The molecule has 2 rings (SSSR count). The lowest BCUT2D eigenvalue weighted by Gasteiger charge is -2.24. The summed E-state index contributed by atoms with van der Waals surface area (Å²) in [5.41, 5.74) is -0.539. The van der Waals surface area contributed by atoms with Crippen LogP contribution >= 0.6 is 11.3 Å². The van der Waals surface area contributed by atoms with Gasteiger partial charge in [0, 0.05) is 24.0 Å². The number of likely N-dealkylation sites (tertiary alicyclic amines) is 1. The molecule has 0 bridgehead atoms. The van der Waals surface area contributed by atoms with Crippen LogP contribution < -0.4 is 5.32 Å². The van der Waals surface area contributed by atoms with Gasteiger partial charge in [0.05, 0.1) is 0 Å². The molecule has 0 saturated carbocycles. The number of nitrogens with one attached hydrogen (secondary N) is 1. The van der Waals surface area contributed by atoms with Gasteiger partial charge in [-0.2, -0.15) is 0 Å². The Morgan fingerprint density at radius 3 is 2.77 bits per heavy atom. The van der Waals surface area contributed by atoms with Gasteiger partial charge in [0.2, 0.25) is 0 Å². The van der Waals surface area contributed by atoms with Gasteiger partial charge in [-0.25, -0.2) is 4.79 Å². The number of amides is 1. The number of carboxylic acid groups (broad SMARTS) is 1. The van der Waals surface area contributed by atoms with Crippen molar-refractivity contribution in [1.29, 1.82) is 0 Å². The number of rotatable bonds is 4. The van der Waals surface area contributed by atoms with Crippen LogP contribution in [0.4, 0.5) is 4.79 Å². The summed E-state index contributed by atoms with van der Waals surface area (Å²) in [6.07, 6.45) is 0.261. The van der Waals surface area contributed by atoms with Crippen molar-refractivity contribution in [2.45, 2.75) is 44.9 Å². The fraction of sp³-hybridized carbons (Fsp3) is 0.600. The first-order valence-electron chi connectivity index (χ1n) is 7.26. The smallest absolute Gasteiger partial charge is 0.407 e. The maximum atomic E-state index is 11.8. The Morgan fingerprint density at radius 1 is 1.50 bits per heavy atom. The van der Waals surface area contributed by atoms with E-state index in [0.29, 0.717) is 19.5 Å². The van der Waals surface area contributed by atoms with E-state index in [4.69, 9.17) is 4.74 Å². The first-order valence-corrected chi connectivity index (χ1v) is 8.14. The highest BCUT2D eigenvalue weighted by atomic mass is 32.1. The molecule has 1 saturated heterocycles. The van der Waals surface area contributed by atoms with Crippen LogP contribution in [0.15, 0.2) is 17.5 Å². The Kier molecular flexibility index (Phi) is 5.08. The molecule has 0 aliphatic carbocycles. The minimum atomic E-state index is -0.861. The summed E-state index contributed by atoms with van der Waals surface area (Å²) < 4.78 is 5.23. The van der Waals surface area contributed by atoms with Gasteiger partial charge in [-0.05, 0) is 38.6 Å². The monoisotopic (exact) mass is 326 g/mol. The fourth-order valence-electron chi connectivity index (χ4n) is 2.52. The zero-order valence-electron chi connectivity index (χ0n) is 13.0. The quantitative estimate of drug-likeness (QED) is 0.888. The molecular formula is C15H22N2O4S. The third-order valence-electron chi connectivity index (χ3n) is 3.35. The van der Waals surface area contributed by atoms with Crippen LogP contribution in [0.1, 0.15) is 38.1 Å². The SMILES string of the molecule is CC(C)(C)OC(=O)N[C@@H]1CCN([C@H](C(=O)O)c2cccs2)C1. The van der Waals surface area contributed by atoms with E-state index in [2.05, 4.69) is 5.32 Å². The van der Waals surface area contributed by atoms with Crippen molar-refractivity contribution in [2.24, 2.45) is 0 Å². The molecule has 0 spiro atoms. The summed E-state index contributed by atoms with van der Waals surface area (Å²) in [4.78, 5) is 26.0. The van der Waals surface area contributed by atoms with Crippen molar-refractivity contribution in [3.8, 4) is 0 Å². The number of hydrogen-bond acceptors (Lipinski definition) is 5. The van der Waals surface area contributed by atoms with Crippen molar-refractivity contribution in [3.05, 3.63) is 22.4 Å². The molecule has 2 atom stereocenters. The van der Waals surface area contributed by atoms with E-state index >= 15 is 0 Å². The van der Waals surface area contributed by atoms with E-state index in [0.717, 1.165) is 4.88 Å². The average Bonchev–Trinajstić information content (AvgIpc) is 2.99. The van der Waals surface area contributed by atoms with Crippen LogP contribution in [0.2, 0.25) is 0 Å². The molecule has 7 heteroatoms. The summed E-state index contributed by atoms with van der Waals surface area (Å²) in [6, 6.07) is 2.95. The number of thiophene rings is 1. The number of carbonyl (C=O) groups excluding carboxylic acids is 1. The molecule has 1 aromatic rings. The van der Waals surface area contributed by atoms with Crippen molar-refractivity contribution in [3.63, 3.8) is 0 Å². The highest BCUT2D eigenvalue weighted by Gasteiger charge is 2.35. The van der Waals surface area contributed by atoms with E-state index < -0.39 is 23.7 Å². The molecule has 1 fully saturated rings. The molecule has 2 heterocycles. The molecule has 0 radical (unpaired) electrons. The van der Waals surface area contributed by atoms with Crippen LogP contribution in [0, 0.1) is 0 Å². The Bertz CT molecular complexity index is 524. The van der Waals surface area contributed by atoms with Crippen LogP contribution in [0.3, 0.4) is 0 Å². The van der Waals surface area contributed by atoms with Gasteiger partial charge in [-0.15, -0.1) is 11.3 Å². The first-order chi connectivity index (χ1) is 10.3. The van der Waals surface area contributed by atoms with Gasteiger partial charge in [0.15, 0.2) is 0 Å². The summed E-state index contributed by atoms with van der Waals surface area (Å²) in [5, 5.41) is 14.2. The topological polar surface area (TPSA) is 78.9 Å². The molecule has 1 aliphatic rings. The lowest BCUT2D eigenvalue weighted by molar-refractivity contribution is -0.143. The number of aliphatic carboxylic acids is 1. The molecule has 1 aliphatic heterocycles. The highest BCUT2D eigenvalue weighted by molar-refractivity contribution is 7.10. The summed E-state index contributed by atoms with van der Waals surface area (Å²) >= 11 is 1.43. The second-order valence-corrected chi connectivity index (χ2v) is 7.36. The number of carboxylic acids is 1. The van der Waals surface area contributed by atoms with Crippen molar-refractivity contribution >= 4 is 23.4 Å². The third kappa shape index (κ3) is 4.45. The van der Waals surface area contributed by atoms with Gasteiger partial charge in [-0.3, -0.25) is 9.69 Å². The molecule has 2 N–H and O–H groups in total. The zero-order valence-corrected chi connectivity index (χ0v) is 13.9. The highest BCUT2D eigenvalue weighted by Crippen LogP contribution is 2.28. The maximum Gasteiger partial charge on any atom is 0.407 e. The molecule has 122 valence electrons. The molecule has 1 amide bonds. The van der Waals surface area contributed by atoms with Crippen molar-refractivity contribution in [1.82, 2.24) is 10.2 Å². The van der Waals surface area contributed by atoms with Gasteiger partial charge in [0.1, 0.15) is 11.6 Å². The number of carbonyl (C=O) groups is 2. The molecule has 1 aromatic heterocycles. The third-order valence-corrected chi connectivity index (χ3v) is 4.28. The Labute approximate surface area is 134 Å². The van der Waals surface area contributed by atoms with E-state index in [1.165, 1.54) is 11.3 Å². The van der Waals surface area contributed by atoms with E-state index in [9.17, 15) is 14.7 Å². The van der Waals surface area contributed by atoms with Gasteiger partial charge in [0.25, 0.3) is 0 Å². The van der Waals surface area contributed by atoms with E-state index in [1.54, 1.807) is 0 Å². The molecule has 22 heavy (non-hydrogen) atoms. The number of hydrogen-bond donors (Lipinski definition) is 2. The summed E-state index contributed by atoms with van der Waals surface area (Å²) in [6.45, 7) is 6.57. The maximum absolute atomic E-state index is 11.8. The molecule has 0 unspecified atom stereocenters. The standard InChI is InChI=1S/C15H22N2O4S/c1-15(2,3)21-14(20)16-10-6-7-17(9-10)12(13(18)19)11-5-4-8-22-11/h4-5,8,10,12H,6-7,9H2,1-3H3,(H,16,20)(H,18,19)/t10-,12+/m1/s1. The molecule has 0 aromatic carbocycles. The lowest BCUT2D eigenvalue weighted by atomic mass is 10.2. The van der Waals surface area contributed by atoms with E-state index in [1.807, 2.05) is 43.2 Å².